The maximum atomic E-state index is 13.6. The van der Waals surface area contributed by atoms with E-state index >= 15 is 0 Å². The fourth-order valence-corrected chi connectivity index (χ4v) is 7.16. The minimum atomic E-state index is -4.12. The number of hydrogen-bond donors (Lipinski definition) is 0. The van der Waals surface area contributed by atoms with Gasteiger partial charge in [0.1, 0.15) is 0 Å². The molecule has 2 aliphatic carbocycles. The molecule has 55 heavy (non-hydrogen) atoms. The van der Waals surface area contributed by atoms with Crippen LogP contribution in [0, 0.1) is 47.6 Å². The first kappa shape index (κ1) is 46.3. The van der Waals surface area contributed by atoms with Gasteiger partial charge < -0.3 is 0 Å². The van der Waals surface area contributed by atoms with E-state index in [0.717, 1.165) is 51.0 Å². The van der Waals surface area contributed by atoms with Crippen LogP contribution in [0.3, 0.4) is 0 Å². The topological polar surface area (TPSA) is 109 Å². The molecule has 4 aromatic rings. The monoisotopic (exact) mass is 826 g/mol. The van der Waals surface area contributed by atoms with Crippen LogP contribution in [0.1, 0.15) is 37.8 Å². The minimum absolute atomic E-state index is 0. The van der Waals surface area contributed by atoms with E-state index in [1.54, 1.807) is 12.1 Å². The Bertz CT molecular complexity index is 2060. The second kappa shape index (κ2) is 22.5. The van der Waals surface area contributed by atoms with Gasteiger partial charge in [-0.3, -0.25) is 21.7 Å². The third kappa shape index (κ3) is 14.4. The Morgan fingerprint density at radius 2 is 0.927 bits per heavy atom. The Kier molecular flexibility index (Phi) is 18.9. The largest absolute Gasteiger partial charge is 4.00 e. The van der Waals surface area contributed by atoms with Crippen molar-refractivity contribution in [3.05, 3.63) is 180 Å². The summed E-state index contributed by atoms with van der Waals surface area (Å²) in [6.45, 7) is 1.06. The van der Waals surface area contributed by atoms with Crippen LogP contribution in [0.4, 0.5) is 17.6 Å². The van der Waals surface area contributed by atoms with Crippen molar-refractivity contribution in [3.8, 4) is 0 Å². The van der Waals surface area contributed by atoms with Crippen molar-refractivity contribution in [1.29, 1.82) is 0 Å². The van der Waals surface area contributed by atoms with Crippen molar-refractivity contribution in [2.24, 2.45) is 0 Å². The van der Waals surface area contributed by atoms with Gasteiger partial charge in [-0.15, -0.1) is 48.2 Å². The van der Waals surface area contributed by atoms with Crippen molar-refractivity contribution >= 4 is 31.9 Å². The first-order valence-corrected chi connectivity index (χ1v) is 18.8. The van der Waals surface area contributed by atoms with Crippen molar-refractivity contribution in [2.75, 3.05) is 0 Å². The molecule has 0 unspecified atom stereocenters. The van der Waals surface area contributed by atoms with E-state index < -0.39 is 68.2 Å². The number of sulfonamides is 2. The molecule has 0 N–H and O–H groups in total. The van der Waals surface area contributed by atoms with Crippen molar-refractivity contribution in [3.63, 3.8) is 0 Å². The molecule has 0 aromatic heterocycles. The molecule has 0 spiro atoms. The Morgan fingerprint density at radius 1 is 0.582 bits per heavy atom. The van der Waals surface area contributed by atoms with Gasteiger partial charge in [0.2, 0.25) is 11.8 Å². The summed E-state index contributed by atoms with van der Waals surface area (Å²) in [6.07, 6.45) is 20.0. The number of benzene rings is 4. The van der Waals surface area contributed by atoms with Crippen molar-refractivity contribution in [1.82, 2.24) is 8.61 Å². The zero-order valence-electron chi connectivity index (χ0n) is 29.5. The van der Waals surface area contributed by atoms with Gasteiger partial charge >= 0.3 is 21.7 Å². The molecular weight excluding hydrogens is 792 g/mol. The summed E-state index contributed by atoms with van der Waals surface area (Å²) in [7, 11) is -8.23. The van der Waals surface area contributed by atoms with E-state index in [9.17, 15) is 44.0 Å². The molecule has 8 nitrogen and oxygen atoms in total. The second-order valence-corrected chi connectivity index (χ2v) is 14.7. The summed E-state index contributed by atoms with van der Waals surface area (Å²) < 4.78 is 104. The summed E-state index contributed by atoms with van der Waals surface area (Å²) >= 11 is 0. The van der Waals surface area contributed by atoms with Gasteiger partial charge in [-0.1, -0.05) is 36.4 Å². The van der Waals surface area contributed by atoms with Crippen molar-refractivity contribution < 1.29 is 65.7 Å². The molecule has 6 rings (SSSR count). The molecule has 284 valence electrons. The summed E-state index contributed by atoms with van der Waals surface area (Å²) in [5.41, 5.74) is -0.285. The number of carbonyl (C=O) groups is 2. The standard InChI is InChI=1S/2C15H12F2NO3S.2C5H5.Ti/c2*1-11(19)18(10-12-7-8-13(16)9-15(12)17)22(20,21)14-5-3-2-4-6-14;2*1-2-4-5-3-1;/h2*2-8H,10H2,1H3;2*1-3H,4H2;/q4*-1;+4. The molecule has 4 aromatic carbocycles. The van der Waals surface area contributed by atoms with Crippen LogP contribution < -0.4 is 0 Å². The molecule has 0 atom stereocenters. The first-order valence-electron chi connectivity index (χ1n) is 16.0. The average molecular weight is 827 g/mol. The molecule has 0 bridgehead atoms. The van der Waals surface area contributed by atoms with Crippen LogP contribution >= 0.6 is 0 Å². The number of allylic oxidation sites excluding steroid dienone is 8. The Hall–Kier alpha value is -4.89. The Morgan fingerprint density at radius 3 is 1.16 bits per heavy atom. The zero-order chi connectivity index (χ0) is 39.7. The van der Waals surface area contributed by atoms with Crippen LogP contribution in [0.15, 0.2) is 131 Å². The van der Waals surface area contributed by atoms with Gasteiger partial charge in [0.15, 0.2) is 0 Å². The number of carbonyl (C=O) groups excluding carboxylic acids is 2. The van der Waals surface area contributed by atoms with Gasteiger partial charge in [0, 0.05) is 50.2 Å². The van der Waals surface area contributed by atoms with E-state index in [4.69, 9.17) is 0 Å². The van der Waals surface area contributed by atoms with Crippen LogP contribution in [-0.4, -0.2) is 37.3 Å². The number of rotatable bonds is 8. The predicted molar refractivity (Wildman–Crippen MR) is 193 cm³/mol. The summed E-state index contributed by atoms with van der Waals surface area (Å²) in [5.74, 6) is -5.41. The average Bonchev–Trinajstić information content (AvgIpc) is 3.92. The van der Waals surface area contributed by atoms with E-state index in [2.05, 4.69) is 24.3 Å². The molecule has 2 amide bonds. The molecule has 0 saturated carbocycles. The number of amides is 2. The van der Waals surface area contributed by atoms with E-state index in [-0.39, 0.29) is 42.6 Å². The quantitative estimate of drug-likeness (QED) is 0.103. The van der Waals surface area contributed by atoms with Crippen LogP contribution in [0.25, 0.3) is 0 Å². The molecule has 0 heterocycles. The van der Waals surface area contributed by atoms with Gasteiger partial charge in [0.05, 0.1) is 9.79 Å². The summed E-state index contributed by atoms with van der Waals surface area (Å²) in [6, 6.07) is 22.3. The first-order chi connectivity index (χ1) is 25.6. The maximum absolute atomic E-state index is 13.6. The maximum Gasteiger partial charge on any atom is 4.00 e. The SMILES string of the molecule is CC(=O)N(Cc1ccc(F)[c-]c1F)S(=O)(=O)c1ccccc1.CC(=O)N(Cc1ccc(F)[c-]c1F)S(=O)(=O)c1ccccc1.[C-]1=CC=CC1.[C-]1=CC=CC1.[Ti+4]. The zero-order valence-corrected chi connectivity index (χ0v) is 32.7. The third-order valence-corrected chi connectivity index (χ3v) is 10.7. The molecule has 15 heteroatoms. The fraction of sp³-hybridized carbons (Fsp3) is 0.150. The Balaban J connectivity index is 0.000000298. The van der Waals surface area contributed by atoms with Crippen LogP contribution in [0.2, 0.25) is 0 Å². The smallest absolute Gasteiger partial charge is 0.274 e. The summed E-state index contributed by atoms with van der Waals surface area (Å²) in [4.78, 5) is 23.2. The number of hydrogen-bond acceptors (Lipinski definition) is 6. The summed E-state index contributed by atoms with van der Waals surface area (Å²) in [5, 5.41) is 0. The van der Waals surface area contributed by atoms with E-state index in [1.807, 2.05) is 36.4 Å². The molecule has 0 radical (unpaired) electrons. The second-order valence-electron chi connectivity index (χ2n) is 11.0. The fourth-order valence-electron chi connectivity index (χ4n) is 4.35. The predicted octanol–water partition coefficient (Wildman–Crippen LogP) is 7.61. The van der Waals surface area contributed by atoms with Gasteiger partial charge in [-0.25, -0.2) is 67.3 Å². The molecule has 0 aliphatic heterocycles. The molecular formula is C40H34F4N2O6S2Ti. The van der Waals surface area contributed by atoms with Gasteiger partial charge in [-0.2, -0.15) is 24.3 Å². The van der Waals surface area contributed by atoms with Crippen LogP contribution in [-0.2, 0) is 64.4 Å². The molecule has 0 saturated heterocycles. The molecule has 0 fully saturated rings. The van der Waals surface area contributed by atoms with Gasteiger partial charge in [0.25, 0.3) is 20.0 Å². The number of nitrogens with zero attached hydrogens (tertiary/aromatic N) is 2. The van der Waals surface area contributed by atoms with Gasteiger partial charge in [-0.05, 0) is 24.3 Å². The normalized spacial score (nSPS) is 12.2. The number of halogens is 4. The Labute approximate surface area is 334 Å². The van der Waals surface area contributed by atoms with E-state index in [0.29, 0.717) is 8.61 Å². The third-order valence-electron chi connectivity index (χ3n) is 7.05. The van der Waals surface area contributed by atoms with E-state index in [1.165, 1.54) is 48.5 Å². The minimum Gasteiger partial charge on any atom is -0.274 e. The van der Waals surface area contributed by atoms with Crippen LogP contribution in [0.5, 0.6) is 0 Å². The molecule has 2 aliphatic rings. The van der Waals surface area contributed by atoms with Crippen molar-refractivity contribution in [2.45, 2.75) is 49.6 Å².